The molecule has 3 heterocycles. The Morgan fingerprint density at radius 3 is 2.80 bits per heavy atom. The molecule has 2 atom stereocenters. The highest BCUT2D eigenvalue weighted by atomic mass is 35.5. The van der Waals surface area contributed by atoms with Gasteiger partial charge in [-0.25, -0.2) is 23.4 Å². The minimum Gasteiger partial charge on any atom is -0.453 e. The summed E-state index contributed by atoms with van der Waals surface area (Å²) in [4.78, 5) is 47.0. The number of carbonyl (C=O) groups is 3. The fourth-order valence-corrected chi connectivity index (χ4v) is 5.14. The van der Waals surface area contributed by atoms with Crippen molar-refractivity contribution < 1.29 is 27.9 Å². The number of allylic oxidation sites excluding steroid dienone is 1. The van der Waals surface area contributed by atoms with Crippen LogP contribution in [0.3, 0.4) is 0 Å². The third kappa shape index (κ3) is 6.02. The number of amides is 4. The first-order valence-corrected chi connectivity index (χ1v) is 13.3. The number of rotatable bonds is 3. The summed E-state index contributed by atoms with van der Waals surface area (Å²) in [6.45, 7) is 0.204. The van der Waals surface area contributed by atoms with Gasteiger partial charge in [0, 0.05) is 29.8 Å². The predicted molar refractivity (Wildman–Crippen MR) is 148 cm³/mol. The first-order chi connectivity index (χ1) is 19.7. The molecule has 1 aromatic heterocycles. The molecule has 2 aliphatic rings. The Labute approximate surface area is 239 Å². The Morgan fingerprint density at radius 1 is 1.20 bits per heavy atom. The molecule has 0 radical (unpaired) electrons. The van der Waals surface area contributed by atoms with E-state index in [2.05, 4.69) is 30.7 Å². The summed E-state index contributed by atoms with van der Waals surface area (Å²) in [6, 6.07) is 5.30. The van der Waals surface area contributed by atoms with Crippen molar-refractivity contribution in [2.75, 3.05) is 24.3 Å². The molecule has 10 nitrogen and oxygen atoms in total. The van der Waals surface area contributed by atoms with Crippen molar-refractivity contribution in [1.29, 1.82) is 0 Å². The number of hydrogen-bond donors (Lipinski definition) is 4. The number of hydrogen-bond acceptors (Lipinski definition) is 5. The van der Waals surface area contributed by atoms with E-state index in [1.54, 1.807) is 29.3 Å². The van der Waals surface area contributed by atoms with E-state index in [0.717, 1.165) is 12.1 Å². The largest absolute Gasteiger partial charge is 0.453 e. The monoisotopic (exact) mass is 584 g/mol. The Bertz CT molecular complexity index is 1530. The average Bonchev–Trinajstić information content (AvgIpc) is 3.43. The molecule has 3 aromatic rings. The van der Waals surface area contributed by atoms with E-state index in [0.29, 0.717) is 41.3 Å². The predicted octanol–water partition coefficient (Wildman–Crippen LogP) is 6.06. The van der Waals surface area contributed by atoms with Crippen molar-refractivity contribution in [2.24, 2.45) is 0 Å². The van der Waals surface area contributed by atoms with Gasteiger partial charge in [0.05, 0.1) is 41.8 Å². The van der Waals surface area contributed by atoms with E-state index >= 15 is 0 Å². The number of carbonyl (C=O) groups excluding carboxylic acids is 3. The van der Waals surface area contributed by atoms with Crippen molar-refractivity contribution in [1.82, 2.24) is 20.2 Å². The van der Waals surface area contributed by atoms with Crippen LogP contribution in [0.15, 0.2) is 48.7 Å². The lowest BCUT2D eigenvalue weighted by Gasteiger charge is -2.37. The number of H-pyrrole nitrogens is 1. The number of anilines is 2. The number of ether oxygens (including phenoxy) is 1. The molecule has 0 saturated carbocycles. The smallest absolute Gasteiger partial charge is 0.411 e. The second-order valence-corrected chi connectivity index (χ2v) is 10.0. The van der Waals surface area contributed by atoms with Gasteiger partial charge in [0.2, 0.25) is 5.91 Å². The van der Waals surface area contributed by atoms with Crippen LogP contribution in [0.5, 0.6) is 0 Å². The van der Waals surface area contributed by atoms with Crippen molar-refractivity contribution in [2.45, 2.75) is 37.8 Å². The highest BCUT2D eigenvalue weighted by Crippen LogP contribution is 2.35. The van der Waals surface area contributed by atoms with E-state index in [4.69, 9.17) is 11.6 Å². The minimum atomic E-state index is -0.891. The van der Waals surface area contributed by atoms with Crippen molar-refractivity contribution in [3.05, 3.63) is 76.7 Å². The molecule has 13 heteroatoms. The molecule has 5 rings (SSSR count). The molecule has 4 amide bonds. The number of fused-ring (bicyclic) bond motifs is 4. The maximum atomic E-state index is 14.7. The summed E-state index contributed by atoms with van der Waals surface area (Å²) >= 11 is 5.86. The number of aromatic nitrogens is 2. The lowest BCUT2D eigenvalue weighted by molar-refractivity contribution is -0.116. The first-order valence-electron chi connectivity index (χ1n) is 12.9. The summed E-state index contributed by atoms with van der Waals surface area (Å²) in [6.07, 6.45) is 5.97. The first kappa shape index (κ1) is 28.1. The maximum absolute atomic E-state index is 14.7. The Morgan fingerprint density at radius 2 is 2.02 bits per heavy atom. The zero-order valence-corrected chi connectivity index (χ0v) is 22.7. The summed E-state index contributed by atoms with van der Waals surface area (Å²) in [5.74, 6) is -1.40. The number of nitrogens with zero attached hydrogens (tertiary/aromatic N) is 2. The van der Waals surface area contributed by atoms with Crippen LogP contribution < -0.4 is 16.0 Å². The van der Waals surface area contributed by atoms with Gasteiger partial charge in [0.25, 0.3) is 0 Å². The Kier molecular flexibility index (Phi) is 8.20. The molecule has 2 aliphatic heterocycles. The van der Waals surface area contributed by atoms with Gasteiger partial charge in [0.15, 0.2) is 0 Å². The second kappa shape index (κ2) is 12.0. The fourth-order valence-electron chi connectivity index (χ4n) is 4.98. The molecule has 0 unspecified atom stereocenters. The molecule has 0 aliphatic carbocycles. The van der Waals surface area contributed by atoms with Crippen LogP contribution in [0.1, 0.15) is 49.2 Å². The molecule has 1 saturated heterocycles. The minimum absolute atomic E-state index is 0.204. The van der Waals surface area contributed by atoms with Gasteiger partial charge in [-0.15, -0.1) is 0 Å². The zero-order valence-electron chi connectivity index (χ0n) is 22.0. The lowest BCUT2D eigenvalue weighted by Crippen LogP contribution is -2.49. The van der Waals surface area contributed by atoms with Crippen LogP contribution in [0.4, 0.5) is 29.7 Å². The summed E-state index contributed by atoms with van der Waals surface area (Å²) in [5.41, 5.74) is 1.79. The highest BCUT2D eigenvalue weighted by Gasteiger charge is 2.35. The quantitative estimate of drug-likeness (QED) is 0.220. The molecular formula is C28H27ClF2N6O4. The van der Waals surface area contributed by atoms with Crippen molar-refractivity contribution >= 4 is 41.0 Å². The summed E-state index contributed by atoms with van der Waals surface area (Å²) in [7, 11) is 1.25. The van der Waals surface area contributed by atoms with E-state index in [-0.39, 0.29) is 35.9 Å². The molecule has 214 valence electrons. The van der Waals surface area contributed by atoms with Crippen LogP contribution >= 0.6 is 11.6 Å². The van der Waals surface area contributed by atoms with Crippen LogP contribution in [0.2, 0.25) is 5.02 Å². The van der Waals surface area contributed by atoms with Crippen LogP contribution in [0, 0.1) is 11.6 Å². The van der Waals surface area contributed by atoms with E-state index in [1.807, 2.05) is 12.2 Å². The van der Waals surface area contributed by atoms with Crippen molar-refractivity contribution in [3.8, 4) is 11.3 Å². The van der Waals surface area contributed by atoms with Crippen LogP contribution in [-0.4, -0.2) is 46.6 Å². The average molecular weight is 585 g/mol. The Hall–Kier alpha value is -4.45. The third-order valence-electron chi connectivity index (χ3n) is 7.01. The molecule has 0 spiro atoms. The summed E-state index contributed by atoms with van der Waals surface area (Å²) in [5, 5.41) is 7.96. The SMILES string of the molecule is COC(=O)Nc1ccc2c(c1)NC(=O)CC/C=C/C[C@H](N1CC[C@H](c3c(F)ccc(Cl)c3F)NC1=O)c1ncc-2[nH]1. The Balaban J connectivity index is 1.44. The molecule has 2 bridgehead atoms. The number of urea groups is 1. The number of methoxy groups -OCH3 is 1. The number of halogens is 3. The van der Waals surface area contributed by atoms with Gasteiger partial charge >= 0.3 is 12.1 Å². The van der Waals surface area contributed by atoms with E-state index in [9.17, 15) is 23.2 Å². The van der Waals surface area contributed by atoms with Crippen molar-refractivity contribution in [3.63, 3.8) is 0 Å². The van der Waals surface area contributed by atoms with Gasteiger partial charge in [-0.05, 0) is 49.6 Å². The molecule has 4 N–H and O–H groups in total. The van der Waals surface area contributed by atoms with Gasteiger partial charge in [-0.3, -0.25) is 10.1 Å². The third-order valence-corrected chi connectivity index (χ3v) is 7.30. The number of benzene rings is 2. The normalized spacial score (nSPS) is 20.0. The summed E-state index contributed by atoms with van der Waals surface area (Å²) < 4.78 is 33.8. The van der Waals surface area contributed by atoms with Gasteiger partial charge < -0.3 is 25.3 Å². The lowest BCUT2D eigenvalue weighted by atomic mass is 9.99. The molecule has 1 fully saturated rings. The zero-order chi connectivity index (χ0) is 29.1. The highest BCUT2D eigenvalue weighted by molar-refractivity contribution is 6.30. The van der Waals surface area contributed by atoms with Gasteiger partial charge in [0.1, 0.15) is 17.5 Å². The van der Waals surface area contributed by atoms with Gasteiger partial charge in [-0.2, -0.15) is 0 Å². The maximum Gasteiger partial charge on any atom is 0.411 e. The molecule has 2 aromatic carbocycles. The molecular weight excluding hydrogens is 558 g/mol. The number of imidazole rings is 1. The topological polar surface area (TPSA) is 128 Å². The molecule has 41 heavy (non-hydrogen) atoms. The number of nitrogens with one attached hydrogen (secondary N) is 4. The van der Waals surface area contributed by atoms with E-state index < -0.39 is 35.8 Å². The fraction of sp³-hybridized carbons (Fsp3) is 0.286. The van der Waals surface area contributed by atoms with Crippen LogP contribution in [-0.2, 0) is 9.53 Å². The second-order valence-electron chi connectivity index (χ2n) is 9.61. The van der Waals surface area contributed by atoms with Crippen LogP contribution in [0.25, 0.3) is 11.3 Å². The van der Waals surface area contributed by atoms with Gasteiger partial charge in [-0.1, -0.05) is 23.8 Å². The standard InChI is InChI=1S/C28H27ClF2N6O4/c1-41-28(40)33-15-7-8-16-20(13-15)34-23(38)6-4-2-3-5-22(26-32-14-21(16)35-26)37-12-11-19(36-27(37)39)24-18(30)10-9-17(29)25(24)31/h2-3,7-10,13-14,19,22H,4-6,11-12H2,1H3,(H,32,35)(H,33,40)(H,34,38)(H,36,39)/b3-2+/t19-,22+/m1/s1. The van der Waals surface area contributed by atoms with E-state index in [1.165, 1.54) is 7.11 Å². The number of aromatic amines is 1.